The number of carbonyl (C=O) groups is 2. The smallest absolute Gasteiger partial charge is 0.331 e. The molecule has 0 bridgehead atoms. The summed E-state index contributed by atoms with van der Waals surface area (Å²) >= 11 is 0. The minimum atomic E-state index is -1.86. The lowest BCUT2D eigenvalue weighted by Gasteiger charge is -2.40. The Balaban J connectivity index is 1.73. The predicted molar refractivity (Wildman–Crippen MR) is 121 cm³/mol. The second-order valence-corrected chi connectivity index (χ2v) is 7.70. The molecule has 1 aliphatic rings. The summed E-state index contributed by atoms with van der Waals surface area (Å²) in [5.41, 5.74) is 0.660. The molecule has 12 heteroatoms. The van der Waals surface area contributed by atoms with E-state index in [1.54, 1.807) is 0 Å². The van der Waals surface area contributed by atoms with Crippen LogP contribution in [0.25, 0.3) is 12.2 Å². The van der Waals surface area contributed by atoms with Gasteiger partial charge in [0.25, 0.3) is 0 Å². The molecule has 7 N–H and O–H groups in total. The summed E-state index contributed by atoms with van der Waals surface area (Å²) in [6.45, 7) is -0.736. The standard InChI is InChI=1S/C24H24O12/c25-11-18-21(32)22(35-19(30)7-3-12-1-5-14(26)16(28)9-12)23(24(33)34-18)36-20(31)8-4-13-2-6-15(27)17(29)10-13/h1-10,18,21-29,32-33H,11H2/b7-3+,8-4+/t18-,21-,22+,23-,24+/m1/s1. The fourth-order valence-electron chi connectivity index (χ4n) is 3.28. The first-order chi connectivity index (χ1) is 17.1. The molecule has 5 atom stereocenters. The third-order valence-corrected chi connectivity index (χ3v) is 5.14. The fraction of sp³-hybridized carbons (Fsp3) is 0.250. The van der Waals surface area contributed by atoms with E-state index >= 15 is 0 Å². The third-order valence-electron chi connectivity index (χ3n) is 5.14. The van der Waals surface area contributed by atoms with E-state index < -0.39 is 60.8 Å². The van der Waals surface area contributed by atoms with Gasteiger partial charge in [-0.2, -0.15) is 0 Å². The number of aliphatic hydroxyl groups is 3. The molecule has 0 spiro atoms. The van der Waals surface area contributed by atoms with Crippen LogP contribution >= 0.6 is 0 Å². The first-order valence-corrected chi connectivity index (χ1v) is 10.5. The summed E-state index contributed by atoms with van der Waals surface area (Å²) in [6.07, 6.45) is -3.86. The number of ether oxygens (including phenoxy) is 3. The largest absolute Gasteiger partial charge is 0.504 e. The molecule has 2 aromatic carbocycles. The van der Waals surface area contributed by atoms with Crippen molar-refractivity contribution in [2.75, 3.05) is 6.61 Å². The van der Waals surface area contributed by atoms with Crippen molar-refractivity contribution < 1.29 is 59.5 Å². The lowest BCUT2D eigenvalue weighted by molar-refractivity contribution is -0.292. The van der Waals surface area contributed by atoms with Crippen LogP contribution in [0, 0.1) is 0 Å². The van der Waals surface area contributed by atoms with Crippen molar-refractivity contribution in [3.8, 4) is 23.0 Å². The topological polar surface area (TPSA) is 203 Å². The number of rotatable bonds is 7. The summed E-state index contributed by atoms with van der Waals surface area (Å²) < 4.78 is 15.4. The van der Waals surface area contributed by atoms with Crippen LogP contribution in [-0.4, -0.2) is 85.0 Å². The van der Waals surface area contributed by atoms with Gasteiger partial charge in [0.2, 0.25) is 0 Å². The molecule has 0 radical (unpaired) electrons. The van der Waals surface area contributed by atoms with Gasteiger partial charge in [-0.05, 0) is 47.5 Å². The highest BCUT2D eigenvalue weighted by Gasteiger charge is 2.48. The van der Waals surface area contributed by atoms with Gasteiger partial charge >= 0.3 is 11.9 Å². The van der Waals surface area contributed by atoms with Crippen molar-refractivity contribution in [1.29, 1.82) is 0 Å². The molecule has 1 saturated heterocycles. The van der Waals surface area contributed by atoms with Crippen LogP contribution in [0.1, 0.15) is 11.1 Å². The molecule has 3 rings (SSSR count). The molecule has 1 fully saturated rings. The van der Waals surface area contributed by atoms with Crippen LogP contribution in [0.3, 0.4) is 0 Å². The monoisotopic (exact) mass is 504 g/mol. The molecule has 2 aromatic rings. The number of hydrogen-bond donors (Lipinski definition) is 7. The molecular formula is C24H24O12. The average Bonchev–Trinajstić information content (AvgIpc) is 2.84. The quantitative estimate of drug-likeness (QED) is 0.153. The van der Waals surface area contributed by atoms with E-state index in [4.69, 9.17) is 14.2 Å². The second kappa shape index (κ2) is 11.6. The Hall–Kier alpha value is -4.10. The minimum Gasteiger partial charge on any atom is -0.504 e. The van der Waals surface area contributed by atoms with Crippen molar-refractivity contribution in [3.05, 3.63) is 59.7 Å². The highest BCUT2D eigenvalue weighted by atomic mass is 16.7. The van der Waals surface area contributed by atoms with E-state index in [0.29, 0.717) is 11.1 Å². The van der Waals surface area contributed by atoms with Gasteiger partial charge in [-0.1, -0.05) is 12.1 Å². The zero-order chi connectivity index (χ0) is 26.4. The van der Waals surface area contributed by atoms with Crippen LogP contribution in [0.15, 0.2) is 48.6 Å². The van der Waals surface area contributed by atoms with E-state index in [-0.39, 0.29) is 11.5 Å². The van der Waals surface area contributed by atoms with Gasteiger partial charge in [0, 0.05) is 12.2 Å². The third kappa shape index (κ3) is 6.52. The zero-order valence-corrected chi connectivity index (χ0v) is 18.5. The minimum absolute atomic E-state index is 0.330. The Labute approximate surface area is 204 Å². The highest BCUT2D eigenvalue weighted by Crippen LogP contribution is 2.28. The lowest BCUT2D eigenvalue weighted by Crippen LogP contribution is -2.61. The number of benzene rings is 2. The molecule has 36 heavy (non-hydrogen) atoms. The van der Waals surface area contributed by atoms with Gasteiger partial charge in [0.15, 0.2) is 41.5 Å². The first-order valence-electron chi connectivity index (χ1n) is 10.5. The van der Waals surface area contributed by atoms with Gasteiger partial charge in [0.1, 0.15) is 12.2 Å². The van der Waals surface area contributed by atoms with Crippen molar-refractivity contribution >= 4 is 24.1 Å². The molecule has 1 heterocycles. The predicted octanol–water partition coefficient (Wildman–Crippen LogP) is 0.130. The van der Waals surface area contributed by atoms with Gasteiger partial charge in [-0.25, -0.2) is 9.59 Å². The summed E-state index contributed by atoms with van der Waals surface area (Å²) in [4.78, 5) is 24.7. The zero-order valence-electron chi connectivity index (χ0n) is 18.5. The van der Waals surface area contributed by atoms with Crippen molar-refractivity contribution in [3.63, 3.8) is 0 Å². The van der Waals surface area contributed by atoms with Crippen LogP contribution in [-0.2, 0) is 23.8 Å². The Kier molecular flexibility index (Phi) is 8.51. The normalized spacial score (nSPS) is 24.1. The van der Waals surface area contributed by atoms with Crippen LogP contribution in [0.2, 0.25) is 0 Å². The molecule has 0 unspecified atom stereocenters. The maximum atomic E-state index is 12.4. The molecule has 0 amide bonds. The molecular weight excluding hydrogens is 480 g/mol. The van der Waals surface area contributed by atoms with E-state index in [9.17, 15) is 45.3 Å². The average molecular weight is 504 g/mol. The van der Waals surface area contributed by atoms with Gasteiger partial charge < -0.3 is 50.0 Å². The Morgan fingerprint density at radius 3 is 1.69 bits per heavy atom. The molecule has 1 aliphatic heterocycles. The molecule has 0 aliphatic carbocycles. The molecule has 192 valence electrons. The van der Waals surface area contributed by atoms with Crippen LogP contribution in [0.5, 0.6) is 23.0 Å². The van der Waals surface area contributed by atoms with E-state index in [0.717, 1.165) is 12.2 Å². The van der Waals surface area contributed by atoms with E-state index in [1.807, 2.05) is 0 Å². The fourth-order valence-corrected chi connectivity index (χ4v) is 3.28. The molecule has 0 saturated carbocycles. The lowest BCUT2D eigenvalue weighted by atomic mass is 9.98. The molecule has 0 aromatic heterocycles. The highest BCUT2D eigenvalue weighted by molar-refractivity contribution is 5.88. The van der Waals surface area contributed by atoms with Crippen LogP contribution < -0.4 is 0 Å². The van der Waals surface area contributed by atoms with Crippen LogP contribution in [0.4, 0.5) is 0 Å². The van der Waals surface area contributed by atoms with E-state index in [1.165, 1.54) is 48.6 Å². The first kappa shape index (κ1) is 26.5. The SMILES string of the molecule is O=C(/C=C/c1ccc(O)c(O)c1)O[C@@H]1[C@@H](OC(=O)/C=C/c2ccc(O)c(O)c2)[C@H](O)[C@@H](CO)O[C@@H]1O. The van der Waals surface area contributed by atoms with Crippen molar-refractivity contribution in [2.45, 2.75) is 30.7 Å². The number of aliphatic hydroxyl groups excluding tert-OH is 3. The van der Waals surface area contributed by atoms with Gasteiger partial charge in [-0.3, -0.25) is 0 Å². The maximum Gasteiger partial charge on any atom is 0.331 e. The van der Waals surface area contributed by atoms with E-state index in [2.05, 4.69) is 0 Å². The summed E-state index contributed by atoms with van der Waals surface area (Å²) in [5, 5.41) is 67.9. The Bertz CT molecular complexity index is 1160. The summed E-state index contributed by atoms with van der Waals surface area (Å²) in [7, 11) is 0. The van der Waals surface area contributed by atoms with Crippen molar-refractivity contribution in [1.82, 2.24) is 0 Å². The number of carbonyl (C=O) groups excluding carboxylic acids is 2. The number of hydrogen-bond acceptors (Lipinski definition) is 12. The second-order valence-electron chi connectivity index (χ2n) is 7.70. The Morgan fingerprint density at radius 1 is 0.778 bits per heavy atom. The number of phenols is 4. The summed E-state index contributed by atoms with van der Waals surface area (Å²) in [5.74, 6) is -3.59. The Morgan fingerprint density at radius 2 is 1.25 bits per heavy atom. The molecule has 12 nitrogen and oxygen atoms in total. The summed E-state index contributed by atoms with van der Waals surface area (Å²) in [6, 6.07) is 7.56. The van der Waals surface area contributed by atoms with Gasteiger partial charge in [0.05, 0.1) is 6.61 Å². The number of aromatic hydroxyl groups is 4. The van der Waals surface area contributed by atoms with Gasteiger partial charge in [-0.15, -0.1) is 0 Å². The number of phenolic OH excluding ortho intramolecular Hbond substituents is 4. The maximum absolute atomic E-state index is 12.4. The van der Waals surface area contributed by atoms with Crippen molar-refractivity contribution in [2.24, 2.45) is 0 Å². The number of esters is 2.